The summed E-state index contributed by atoms with van der Waals surface area (Å²) in [7, 11) is 0. The van der Waals surface area contributed by atoms with Crippen LogP contribution in [-0.4, -0.2) is 35.1 Å². The van der Waals surface area contributed by atoms with Crippen molar-refractivity contribution in [2.75, 3.05) is 13.2 Å². The SMILES string of the molecule is CCCNC(Cc1cc(CC)nn1CC)C1CCCCO1. The molecule has 0 aliphatic carbocycles. The summed E-state index contributed by atoms with van der Waals surface area (Å²) in [5.74, 6) is 0. The van der Waals surface area contributed by atoms with Crippen molar-refractivity contribution < 1.29 is 4.74 Å². The molecule has 1 saturated heterocycles. The van der Waals surface area contributed by atoms with Crippen LogP contribution >= 0.6 is 0 Å². The van der Waals surface area contributed by atoms with E-state index in [2.05, 4.69) is 41.9 Å². The quantitative estimate of drug-likeness (QED) is 0.801. The second-order valence-electron chi connectivity index (χ2n) is 5.97. The fourth-order valence-electron chi connectivity index (χ4n) is 3.10. The van der Waals surface area contributed by atoms with Crippen molar-refractivity contribution in [3.8, 4) is 0 Å². The Hall–Kier alpha value is -0.870. The number of aryl methyl sites for hydroxylation is 2. The lowest BCUT2D eigenvalue weighted by molar-refractivity contribution is -0.00774. The Balaban J connectivity index is 2.07. The van der Waals surface area contributed by atoms with Crippen molar-refractivity contribution in [1.82, 2.24) is 15.1 Å². The molecule has 2 rings (SSSR count). The molecule has 1 aliphatic heterocycles. The minimum Gasteiger partial charge on any atom is -0.377 e. The zero-order valence-corrected chi connectivity index (χ0v) is 13.9. The van der Waals surface area contributed by atoms with Gasteiger partial charge in [-0.1, -0.05) is 13.8 Å². The van der Waals surface area contributed by atoms with E-state index in [1.54, 1.807) is 0 Å². The van der Waals surface area contributed by atoms with Crippen LogP contribution < -0.4 is 5.32 Å². The standard InChI is InChI=1S/C17H31N3O/c1-4-10-18-16(17-9-7-8-11-21-17)13-15-12-14(5-2)19-20(15)6-3/h12,16-18H,4-11,13H2,1-3H3. The van der Waals surface area contributed by atoms with E-state index >= 15 is 0 Å². The highest BCUT2D eigenvalue weighted by atomic mass is 16.5. The van der Waals surface area contributed by atoms with Crippen molar-refractivity contribution >= 4 is 0 Å². The highest BCUT2D eigenvalue weighted by Gasteiger charge is 2.25. The van der Waals surface area contributed by atoms with Gasteiger partial charge in [-0.3, -0.25) is 4.68 Å². The third kappa shape index (κ3) is 4.55. The number of rotatable bonds is 8. The number of aromatic nitrogens is 2. The topological polar surface area (TPSA) is 39.1 Å². The molecule has 1 N–H and O–H groups in total. The normalized spacial score (nSPS) is 20.6. The zero-order valence-electron chi connectivity index (χ0n) is 13.9. The fraction of sp³-hybridized carbons (Fsp3) is 0.824. The largest absolute Gasteiger partial charge is 0.377 e. The van der Waals surface area contributed by atoms with E-state index in [0.29, 0.717) is 12.1 Å². The van der Waals surface area contributed by atoms with Gasteiger partial charge in [-0.15, -0.1) is 0 Å². The summed E-state index contributed by atoms with van der Waals surface area (Å²) in [5.41, 5.74) is 2.54. The Morgan fingerprint density at radius 1 is 1.38 bits per heavy atom. The average molecular weight is 293 g/mol. The van der Waals surface area contributed by atoms with Crippen LogP contribution in [0.1, 0.15) is 57.8 Å². The summed E-state index contributed by atoms with van der Waals surface area (Å²) in [6.07, 6.45) is 7.24. The first-order chi connectivity index (χ1) is 10.3. The van der Waals surface area contributed by atoms with Gasteiger partial charge in [0.2, 0.25) is 0 Å². The van der Waals surface area contributed by atoms with E-state index in [-0.39, 0.29) is 0 Å². The summed E-state index contributed by atoms with van der Waals surface area (Å²) in [6.45, 7) is 9.48. The van der Waals surface area contributed by atoms with E-state index in [4.69, 9.17) is 4.74 Å². The van der Waals surface area contributed by atoms with Crippen molar-refractivity contribution in [2.45, 2.75) is 78.0 Å². The summed E-state index contributed by atoms with van der Waals surface area (Å²) >= 11 is 0. The third-order valence-electron chi connectivity index (χ3n) is 4.32. The van der Waals surface area contributed by atoms with Crippen LogP contribution in [0.25, 0.3) is 0 Å². The van der Waals surface area contributed by atoms with Gasteiger partial charge in [0.05, 0.1) is 11.8 Å². The number of nitrogens with one attached hydrogen (secondary N) is 1. The van der Waals surface area contributed by atoms with Gasteiger partial charge in [-0.2, -0.15) is 5.10 Å². The highest BCUT2D eigenvalue weighted by molar-refractivity contribution is 5.12. The minimum absolute atomic E-state index is 0.357. The summed E-state index contributed by atoms with van der Waals surface area (Å²) in [4.78, 5) is 0. The third-order valence-corrected chi connectivity index (χ3v) is 4.32. The molecule has 120 valence electrons. The Labute approximate surface area is 129 Å². The molecule has 0 spiro atoms. The van der Waals surface area contributed by atoms with E-state index in [0.717, 1.165) is 39.0 Å². The maximum Gasteiger partial charge on any atom is 0.0731 e. The van der Waals surface area contributed by atoms with Gasteiger partial charge < -0.3 is 10.1 Å². The maximum absolute atomic E-state index is 6.02. The number of hydrogen-bond acceptors (Lipinski definition) is 3. The lowest BCUT2D eigenvalue weighted by Crippen LogP contribution is -2.45. The monoisotopic (exact) mass is 293 g/mol. The van der Waals surface area contributed by atoms with Crippen molar-refractivity contribution in [3.05, 3.63) is 17.5 Å². The lowest BCUT2D eigenvalue weighted by atomic mass is 9.97. The number of hydrogen-bond donors (Lipinski definition) is 1. The van der Waals surface area contributed by atoms with Gasteiger partial charge in [-0.05, 0) is 51.6 Å². The van der Waals surface area contributed by atoms with Crippen LogP contribution in [0.5, 0.6) is 0 Å². The molecule has 1 aromatic heterocycles. The van der Waals surface area contributed by atoms with E-state index < -0.39 is 0 Å². The Kier molecular flexibility index (Phi) is 6.71. The zero-order chi connectivity index (χ0) is 15.1. The summed E-state index contributed by atoms with van der Waals surface area (Å²) in [6, 6.07) is 2.68. The molecule has 4 heteroatoms. The maximum atomic E-state index is 6.02. The molecule has 1 aromatic rings. The van der Waals surface area contributed by atoms with E-state index in [1.165, 1.54) is 30.7 Å². The first-order valence-corrected chi connectivity index (χ1v) is 8.69. The second kappa shape index (κ2) is 8.54. The first-order valence-electron chi connectivity index (χ1n) is 8.69. The summed E-state index contributed by atoms with van der Waals surface area (Å²) in [5, 5.41) is 8.37. The van der Waals surface area contributed by atoms with Crippen LogP contribution in [-0.2, 0) is 24.1 Å². The lowest BCUT2D eigenvalue weighted by Gasteiger charge is -2.31. The van der Waals surface area contributed by atoms with Crippen LogP contribution in [0.2, 0.25) is 0 Å². The number of nitrogens with zero attached hydrogens (tertiary/aromatic N) is 2. The molecule has 0 bridgehead atoms. The Morgan fingerprint density at radius 2 is 2.24 bits per heavy atom. The Bertz CT molecular complexity index is 410. The molecule has 0 amide bonds. The van der Waals surface area contributed by atoms with Gasteiger partial charge in [0.15, 0.2) is 0 Å². The minimum atomic E-state index is 0.357. The van der Waals surface area contributed by atoms with Crippen LogP contribution in [0.3, 0.4) is 0 Å². The van der Waals surface area contributed by atoms with Crippen molar-refractivity contribution in [3.63, 3.8) is 0 Å². The molecule has 0 aromatic carbocycles. The smallest absolute Gasteiger partial charge is 0.0731 e. The molecule has 2 heterocycles. The summed E-state index contributed by atoms with van der Waals surface area (Å²) < 4.78 is 8.18. The van der Waals surface area contributed by atoms with Gasteiger partial charge >= 0.3 is 0 Å². The molecule has 21 heavy (non-hydrogen) atoms. The van der Waals surface area contributed by atoms with Crippen LogP contribution in [0, 0.1) is 0 Å². The molecule has 0 saturated carbocycles. The van der Waals surface area contributed by atoms with Gasteiger partial charge in [0.25, 0.3) is 0 Å². The molecule has 1 aliphatic rings. The molecule has 2 unspecified atom stereocenters. The molecule has 0 radical (unpaired) electrons. The van der Waals surface area contributed by atoms with Crippen LogP contribution in [0.4, 0.5) is 0 Å². The molecule has 1 fully saturated rings. The van der Waals surface area contributed by atoms with Crippen molar-refractivity contribution in [2.24, 2.45) is 0 Å². The molecular weight excluding hydrogens is 262 g/mol. The second-order valence-corrected chi connectivity index (χ2v) is 5.97. The average Bonchev–Trinajstić information content (AvgIpc) is 2.94. The van der Waals surface area contributed by atoms with E-state index in [9.17, 15) is 0 Å². The van der Waals surface area contributed by atoms with Gasteiger partial charge in [0.1, 0.15) is 0 Å². The molecular formula is C17H31N3O. The fourth-order valence-corrected chi connectivity index (χ4v) is 3.10. The number of ether oxygens (including phenoxy) is 1. The highest BCUT2D eigenvalue weighted by Crippen LogP contribution is 2.19. The predicted octanol–water partition coefficient (Wildman–Crippen LogP) is 2.95. The van der Waals surface area contributed by atoms with Crippen LogP contribution in [0.15, 0.2) is 6.07 Å². The predicted molar refractivity (Wildman–Crippen MR) is 86.7 cm³/mol. The Morgan fingerprint density at radius 3 is 2.86 bits per heavy atom. The van der Waals surface area contributed by atoms with E-state index in [1.807, 2.05) is 0 Å². The van der Waals surface area contributed by atoms with Gasteiger partial charge in [0, 0.05) is 31.3 Å². The van der Waals surface area contributed by atoms with Crippen molar-refractivity contribution in [1.29, 1.82) is 0 Å². The first kappa shape index (κ1) is 16.5. The molecule has 4 nitrogen and oxygen atoms in total. The van der Waals surface area contributed by atoms with Gasteiger partial charge in [-0.25, -0.2) is 0 Å². The molecule has 2 atom stereocenters.